The molecule has 0 saturated carbocycles. The summed E-state index contributed by atoms with van der Waals surface area (Å²) in [7, 11) is 1.25. The van der Waals surface area contributed by atoms with Crippen molar-refractivity contribution in [1.29, 1.82) is 0 Å². The SMILES string of the molecule is COC(=O)CC1CCc2c(F)cc(O)c(F)c21. The van der Waals surface area contributed by atoms with E-state index < -0.39 is 29.3 Å². The smallest absolute Gasteiger partial charge is 0.306 e. The predicted molar refractivity (Wildman–Crippen MR) is 55.7 cm³/mol. The van der Waals surface area contributed by atoms with Crippen LogP contribution < -0.4 is 0 Å². The molecule has 1 aliphatic rings. The normalized spacial score (nSPS) is 17.9. The zero-order chi connectivity index (χ0) is 12.6. The van der Waals surface area contributed by atoms with Gasteiger partial charge in [-0.25, -0.2) is 8.78 Å². The van der Waals surface area contributed by atoms with E-state index in [-0.39, 0.29) is 17.5 Å². The Hall–Kier alpha value is -1.65. The Morgan fingerprint density at radius 1 is 1.59 bits per heavy atom. The first-order valence-corrected chi connectivity index (χ1v) is 5.31. The van der Waals surface area contributed by atoms with Gasteiger partial charge in [0.15, 0.2) is 11.6 Å². The third-order valence-corrected chi connectivity index (χ3v) is 3.13. The first-order valence-electron chi connectivity index (χ1n) is 5.31. The Morgan fingerprint density at radius 3 is 2.94 bits per heavy atom. The molecule has 3 nitrogen and oxygen atoms in total. The van der Waals surface area contributed by atoms with Crippen molar-refractivity contribution in [2.24, 2.45) is 0 Å². The minimum Gasteiger partial charge on any atom is -0.505 e. The molecule has 1 atom stereocenters. The van der Waals surface area contributed by atoms with E-state index in [2.05, 4.69) is 4.74 Å². The number of rotatable bonds is 2. The molecule has 5 heteroatoms. The van der Waals surface area contributed by atoms with Gasteiger partial charge in [0.2, 0.25) is 0 Å². The van der Waals surface area contributed by atoms with Crippen molar-refractivity contribution in [1.82, 2.24) is 0 Å². The lowest BCUT2D eigenvalue weighted by atomic mass is 9.97. The highest BCUT2D eigenvalue weighted by Gasteiger charge is 2.32. The minimum atomic E-state index is -0.826. The van der Waals surface area contributed by atoms with E-state index in [1.165, 1.54) is 7.11 Å². The molecule has 0 fully saturated rings. The molecule has 1 aromatic rings. The Balaban J connectivity index is 2.39. The summed E-state index contributed by atoms with van der Waals surface area (Å²) in [6, 6.07) is 0.773. The van der Waals surface area contributed by atoms with Crippen molar-refractivity contribution in [3.8, 4) is 5.75 Å². The number of fused-ring (bicyclic) bond motifs is 1. The van der Waals surface area contributed by atoms with Crippen LogP contribution in [0.1, 0.15) is 29.9 Å². The van der Waals surface area contributed by atoms with Crippen LogP contribution in [0.25, 0.3) is 0 Å². The summed E-state index contributed by atoms with van der Waals surface area (Å²) < 4.78 is 31.7. The van der Waals surface area contributed by atoms with Gasteiger partial charge in [0, 0.05) is 11.6 Å². The summed E-state index contributed by atoms with van der Waals surface area (Å²) >= 11 is 0. The molecule has 0 heterocycles. The summed E-state index contributed by atoms with van der Waals surface area (Å²) in [6.07, 6.45) is 0.866. The van der Waals surface area contributed by atoms with Crippen molar-refractivity contribution in [2.45, 2.75) is 25.2 Å². The summed E-state index contributed by atoms with van der Waals surface area (Å²) in [5, 5.41) is 9.24. The van der Waals surface area contributed by atoms with Gasteiger partial charge in [-0.15, -0.1) is 0 Å². The molecule has 2 rings (SSSR count). The molecule has 0 radical (unpaired) electrons. The average Bonchev–Trinajstić information content (AvgIpc) is 2.70. The number of carbonyl (C=O) groups is 1. The number of benzene rings is 1. The summed E-state index contributed by atoms with van der Waals surface area (Å²) in [4.78, 5) is 11.2. The Labute approximate surface area is 97.0 Å². The van der Waals surface area contributed by atoms with Crippen LogP contribution in [0.3, 0.4) is 0 Å². The molecule has 1 aromatic carbocycles. The number of methoxy groups -OCH3 is 1. The fourth-order valence-corrected chi connectivity index (χ4v) is 2.30. The van der Waals surface area contributed by atoms with E-state index in [0.29, 0.717) is 12.8 Å². The van der Waals surface area contributed by atoms with E-state index in [0.717, 1.165) is 6.07 Å². The van der Waals surface area contributed by atoms with Crippen LogP contribution in [-0.2, 0) is 16.0 Å². The molecule has 1 unspecified atom stereocenters. The van der Waals surface area contributed by atoms with E-state index in [4.69, 9.17) is 0 Å². The molecule has 1 N–H and O–H groups in total. The Morgan fingerprint density at radius 2 is 2.29 bits per heavy atom. The van der Waals surface area contributed by atoms with Crippen molar-refractivity contribution >= 4 is 5.97 Å². The fraction of sp³-hybridized carbons (Fsp3) is 0.417. The van der Waals surface area contributed by atoms with Crippen LogP contribution in [0.15, 0.2) is 6.07 Å². The largest absolute Gasteiger partial charge is 0.505 e. The van der Waals surface area contributed by atoms with Gasteiger partial charge in [-0.3, -0.25) is 4.79 Å². The molecule has 0 saturated heterocycles. The highest BCUT2D eigenvalue weighted by atomic mass is 19.1. The lowest BCUT2D eigenvalue weighted by Crippen LogP contribution is -2.08. The number of halogens is 2. The predicted octanol–water partition coefficient (Wildman–Crippen LogP) is 2.26. The standard InChI is InChI=1S/C12H12F2O3/c1-17-10(16)4-6-2-3-7-8(13)5-9(15)12(14)11(6)7/h5-6,15H,2-4H2,1H3. The van der Waals surface area contributed by atoms with Crippen LogP contribution in [0, 0.1) is 11.6 Å². The zero-order valence-corrected chi connectivity index (χ0v) is 9.30. The number of ether oxygens (including phenoxy) is 1. The molecule has 0 aliphatic heterocycles. The van der Waals surface area contributed by atoms with Gasteiger partial charge < -0.3 is 9.84 Å². The van der Waals surface area contributed by atoms with Crippen molar-refractivity contribution in [2.75, 3.05) is 7.11 Å². The summed E-state index contributed by atoms with van der Waals surface area (Å²) in [5.41, 5.74) is 0.377. The number of hydrogen-bond acceptors (Lipinski definition) is 3. The molecule has 0 amide bonds. The molecular weight excluding hydrogens is 230 g/mol. The van der Waals surface area contributed by atoms with Crippen LogP contribution >= 0.6 is 0 Å². The molecule has 0 spiro atoms. The quantitative estimate of drug-likeness (QED) is 0.809. The third kappa shape index (κ3) is 1.97. The topological polar surface area (TPSA) is 46.5 Å². The third-order valence-electron chi connectivity index (χ3n) is 3.13. The van der Waals surface area contributed by atoms with E-state index in [1.807, 2.05) is 0 Å². The number of phenols is 1. The Bertz CT molecular complexity index is 471. The average molecular weight is 242 g/mol. The molecule has 17 heavy (non-hydrogen) atoms. The van der Waals surface area contributed by atoms with Crippen LogP contribution in [0.2, 0.25) is 0 Å². The second kappa shape index (κ2) is 4.31. The molecular formula is C12H12F2O3. The first-order chi connectivity index (χ1) is 8.04. The van der Waals surface area contributed by atoms with E-state index >= 15 is 0 Å². The summed E-state index contributed by atoms with van der Waals surface area (Å²) in [6.45, 7) is 0. The zero-order valence-electron chi connectivity index (χ0n) is 9.30. The van der Waals surface area contributed by atoms with Gasteiger partial charge in [0.25, 0.3) is 0 Å². The van der Waals surface area contributed by atoms with E-state index in [9.17, 15) is 18.7 Å². The van der Waals surface area contributed by atoms with Gasteiger partial charge in [-0.1, -0.05) is 0 Å². The molecule has 92 valence electrons. The van der Waals surface area contributed by atoms with Crippen molar-refractivity contribution in [3.05, 3.63) is 28.8 Å². The number of phenolic OH excluding ortho intramolecular Hbond substituents is 1. The van der Waals surface area contributed by atoms with Gasteiger partial charge in [0.1, 0.15) is 5.82 Å². The number of hydrogen-bond donors (Lipinski definition) is 1. The maximum Gasteiger partial charge on any atom is 0.306 e. The van der Waals surface area contributed by atoms with Crippen LogP contribution in [-0.4, -0.2) is 18.2 Å². The molecule has 1 aliphatic carbocycles. The Kier molecular flexibility index (Phi) is 3.00. The lowest BCUT2D eigenvalue weighted by molar-refractivity contribution is -0.141. The first kappa shape index (κ1) is 11.8. The molecule has 0 bridgehead atoms. The maximum atomic E-state index is 13.7. The summed E-state index contributed by atoms with van der Waals surface area (Å²) in [5.74, 6) is -3.04. The van der Waals surface area contributed by atoms with Crippen LogP contribution in [0.5, 0.6) is 5.75 Å². The second-order valence-electron chi connectivity index (χ2n) is 4.10. The number of aromatic hydroxyl groups is 1. The minimum absolute atomic E-state index is 0.00329. The molecule has 0 aromatic heterocycles. The second-order valence-corrected chi connectivity index (χ2v) is 4.10. The van der Waals surface area contributed by atoms with Crippen molar-refractivity contribution < 1.29 is 23.4 Å². The van der Waals surface area contributed by atoms with E-state index in [1.54, 1.807) is 0 Å². The number of carbonyl (C=O) groups excluding carboxylic acids is 1. The highest BCUT2D eigenvalue weighted by Crippen LogP contribution is 2.41. The fourth-order valence-electron chi connectivity index (χ4n) is 2.30. The van der Waals surface area contributed by atoms with Gasteiger partial charge in [-0.05, 0) is 24.3 Å². The highest BCUT2D eigenvalue weighted by molar-refractivity contribution is 5.71. The van der Waals surface area contributed by atoms with Gasteiger partial charge in [-0.2, -0.15) is 0 Å². The monoisotopic (exact) mass is 242 g/mol. The maximum absolute atomic E-state index is 13.7. The number of esters is 1. The van der Waals surface area contributed by atoms with Crippen LogP contribution in [0.4, 0.5) is 8.78 Å². The van der Waals surface area contributed by atoms with Gasteiger partial charge in [0.05, 0.1) is 13.5 Å². The van der Waals surface area contributed by atoms with Gasteiger partial charge >= 0.3 is 5.97 Å². The van der Waals surface area contributed by atoms with Crippen molar-refractivity contribution in [3.63, 3.8) is 0 Å². The lowest BCUT2D eigenvalue weighted by Gasteiger charge is -2.12.